The van der Waals surface area contributed by atoms with Crippen LogP contribution in [0.2, 0.25) is 0 Å². The second kappa shape index (κ2) is 7.05. The van der Waals surface area contributed by atoms with Crippen LogP contribution in [-0.2, 0) is 6.42 Å². The summed E-state index contributed by atoms with van der Waals surface area (Å²) in [7, 11) is 0. The van der Waals surface area contributed by atoms with Gasteiger partial charge in [-0.2, -0.15) is 0 Å². The van der Waals surface area contributed by atoms with Crippen LogP contribution in [-0.4, -0.2) is 41.2 Å². The number of nitrogens with zero attached hydrogens (tertiary/aromatic N) is 3. The molecule has 0 bridgehead atoms. The fourth-order valence-corrected chi connectivity index (χ4v) is 1.59. The first kappa shape index (κ1) is 14.6. The standard InChI is InChI=1S/C11H18F2N4O/c1-2-3-10-15-9(14)6-11(16-10)17(4-5-18)7-8(12)13/h6,8,18H,2-5,7H2,1H3,(H2,14,15,16). The number of anilines is 2. The molecule has 0 atom stereocenters. The average molecular weight is 260 g/mol. The van der Waals surface area contributed by atoms with Crippen molar-refractivity contribution in [1.29, 1.82) is 0 Å². The van der Waals surface area contributed by atoms with Gasteiger partial charge < -0.3 is 15.7 Å². The zero-order valence-electron chi connectivity index (χ0n) is 10.3. The molecule has 1 rings (SSSR count). The molecule has 0 amide bonds. The largest absolute Gasteiger partial charge is 0.395 e. The molecule has 102 valence electrons. The van der Waals surface area contributed by atoms with Crippen LogP contribution in [0.3, 0.4) is 0 Å². The van der Waals surface area contributed by atoms with Gasteiger partial charge in [-0.25, -0.2) is 18.7 Å². The topological polar surface area (TPSA) is 75.3 Å². The van der Waals surface area contributed by atoms with Gasteiger partial charge in [0.25, 0.3) is 6.43 Å². The van der Waals surface area contributed by atoms with Gasteiger partial charge in [-0.15, -0.1) is 0 Å². The third-order valence-corrected chi connectivity index (χ3v) is 2.30. The minimum Gasteiger partial charge on any atom is -0.395 e. The van der Waals surface area contributed by atoms with Gasteiger partial charge in [-0.3, -0.25) is 0 Å². The first-order valence-corrected chi connectivity index (χ1v) is 5.84. The molecule has 0 spiro atoms. The lowest BCUT2D eigenvalue weighted by Gasteiger charge is -2.22. The molecule has 0 aliphatic rings. The van der Waals surface area contributed by atoms with E-state index in [1.54, 1.807) is 0 Å². The highest BCUT2D eigenvalue weighted by Crippen LogP contribution is 2.16. The monoisotopic (exact) mass is 260 g/mol. The van der Waals surface area contributed by atoms with Gasteiger partial charge in [-0.05, 0) is 6.42 Å². The summed E-state index contributed by atoms with van der Waals surface area (Å²) < 4.78 is 24.9. The second-order valence-electron chi connectivity index (χ2n) is 3.88. The molecular weight excluding hydrogens is 242 g/mol. The number of aliphatic hydroxyl groups excluding tert-OH is 1. The van der Waals surface area contributed by atoms with E-state index in [1.165, 1.54) is 11.0 Å². The Kier molecular flexibility index (Phi) is 5.70. The van der Waals surface area contributed by atoms with E-state index in [0.717, 1.165) is 6.42 Å². The van der Waals surface area contributed by atoms with Crippen molar-refractivity contribution in [2.24, 2.45) is 0 Å². The highest BCUT2D eigenvalue weighted by Gasteiger charge is 2.15. The lowest BCUT2D eigenvalue weighted by atomic mass is 10.3. The molecule has 18 heavy (non-hydrogen) atoms. The van der Waals surface area contributed by atoms with Crippen molar-refractivity contribution in [3.63, 3.8) is 0 Å². The smallest absolute Gasteiger partial charge is 0.255 e. The first-order valence-electron chi connectivity index (χ1n) is 5.84. The Hall–Kier alpha value is -1.50. The van der Waals surface area contributed by atoms with Crippen molar-refractivity contribution < 1.29 is 13.9 Å². The van der Waals surface area contributed by atoms with Crippen molar-refractivity contribution >= 4 is 11.6 Å². The van der Waals surface area contributed by atoms with E-state index in [2.05, 4.69) is 9.97 Å². The molecule has 0 saturated carbocycles. The number of nitrogen functional groups attached to an aromatic ring is 1. The maximum atomic E-state index is 12.4. The van der Waals surface area contributed by atoms with Crippen LogP contribution in [0, 0.1) is 0 Å². The Labute approximate surface area is 105 Å². The van der Waals surface area contributed by atoms with Crippen LogP contribution in [0.4, 0.5) is 20.4 Å². The quantitative estimate of drug-likeness (QED) is 0.767. The summed E-state index contributed by atoms with van der Waals surface area (Å²) in [6.07, 6.45) is -1.01. The third kappa shape index (κ3) is 4.40. The normalized spacial score (nSPS) is 10.9. The van der Waals surface area contributed by atoms with E-state index in [1.807, 2.05) is 6.92 Å². The summed E-state index contributed by atoms with van der Waals surface area (Å²) in [5.41, 5.74) is 5.63. The first-order chi connectivity index (χ1) is 8.56. The predicted molar refractivity (Wildman–Crippen MR) is 65.7 cm³/mol. The van der Waals surface area contributed by atoms with Crippen LogP contribution in [0.25, 0.3) is 0 Å². The van der Waals surface area contributed by atoms with Crippen molar-refractivity contribution in [3.8, 4) is 0 Å². The van der Waals surface area contributed by atoms with Gasteiger partial charge in [0.05, 0.1) is 13.2 Å². The summed E-state index contributed by atoms with van der Waals surface area (Å²) in [5.74, 6) is 1.12. The van der Waals surface area contributed by atoms with Crippen molar-refractivity contribution in [2.45, 2.75) is 26.2 Å². The zero-order chi connectivity index (χ0) is 13.5. The van der Waals surface area contributed by atoms with E-state index in [4.69, 9.17) is 10.8 Å². The molecule has 1 aromatic rings. The number of aryl methyl sites for hydroxylation is 1. The summed E-state index contributed by atoms with van der Waals surface area (Å²) in [6.45, 7) is 1.35. The minimum absolute atomic E-state index is 0.0896. The Bertz CT molecular complexity index is 376. The molecule has 1 aromatic heterocycles. The summed E-state index contributed by atoms with van der Waals surface area (Å²) in [6, 6.07) is 1.44. The van der Waals surface area contributed by atoms with Gasteiger partial charge in [0, 0.05) is 19.0 Å². The third-order valence-electron chi connectivity index (χ3n) is 2.30. The van der Waals surface area contributed by atoms with E-state index in [0.29, 0.717) is 18.1 Å². The molecule has 1 heterocycles. The van der Waals surface area contributed by atoms with E-state index in [-0.39, 0.29) is 19.0 Å². The maximum absolute atomic E-state index is 12.4. The summed E-state index contributed by atoms with van der Waals surface area (Å²) >= 11 is 0. The van der Waals surface area contributed by atoms with Gasteiger partial charge in [0.15, 0.2) is 0 Å². The Morgan fingerprint density at radius 3 is 2.72 bits per heavy atom. The molecule has 0 radical (unpaired) electrons. The molecule has 0 fully saturated rings. The Balaban J connectivity index is 2.95. The van der Waals surface area contributed by atoms with E-state index >= 15 is 0 Å². The lowest BCUT2D eigenvalue weighted by molar-refractivity contribution is 0.152. The lowest BCUT2D eigenvalue weighted by Crippen LogP contribution is -2.32. The van der Waals surface area contributed by atoms with E-state index in [9.17, 15) is 8.78 Å². The summed E-state index contributed by atoms with van der Waals surface area (Å²) in [5, 5.41) is 8.89. The van der Waals surface area contributed by atoms with Gasteiger partial charge in [0.1, 0.15) is 17.5 Å². The molecule has 5 nitrogen and oxygen atoms in total. The van der Waals surface area contributed by atoms with Gasteiger partial charge in [-0.1, -0.05) is 6.92 Å². The maximum Gasteiger partial charge on any atom is 0.255 e. The number of nitrogens with two attached hydrogens (primary N) is 1. The van der Waals surface area contributed by atoms with Crippen molar-refractivity contribution in [3.05, 3.63) is 11.9 Å². The molecule has 7 heteroatoms. The Morgan fingerprint density at radius 2 is 2.17 bits per heavy atom. The number of hydrogen-bond acceptors (Lipinski definition) is 5. The second-order valence-corrected chi connectivity index (χ2v) is 3.88. The van der Waals surface area contributed by atoms with Crippen LogP contribution in [0.5, 0.6) is 0 Å². The number of rotatable bonds is 7. The van der Waals surface area contributed by atoms with Crippen LogP contribution >= 0.6 is 0 Å². The van der Waals surface area contributed by atoms with Crippen LogP contribution in [0.1, 0.15) is 19.2 Å². The van der Waals surface area contributed by atoms with Crippen molar-refractivity contribution in [1.82, 2.24) is 9.97 Å². The molecule has 0 saturated heterocycles. The molecule has 0 aromatic carbocycles. The number of alkyl halides is 2. The SMILES string of the molecule is CCCc1nc(N)cc(N(CCO)CC(F)F)n1. The fraction of sp³-hybridized carbons (Fsp3) is 0.636. The Morgan fingerprint density at radius 1 is 1.44 bits per heavy atom. The molecule has 0 aliphatic heterocycles. The molecule has 0 aliphatic carbocycles. The van der Waals surface area contributed by atoms with Crippen molar-refractivity contribution in [2.75, 3.05) is 30.3 Å². The van der Waals surface area contributed by atoms with Crippen LogP contribution < -0.4 is 10.6 Å². The predicted octanol–water partition coefficient (Wildman–Crippen LogP) is 1.08. The van der Waals surface area contributed by atoms with E-state index < -0.39 is 13.0 Å². The van der Waals surface area contributed by atoms with Gasteiger partial charge >= 0.3 is 0 Å². The molecule has 0 unspecified atom stereocenters. The number of aliphatic hydroxyl groups is 1. The van der Waals surface area contributed by atoms with Crippen LogP contribution in [0.15, 0.2) is 6.07 Å². The average Bonchev–Trinajstić information content (AvgIpc) is 2.27. The number of hydrogen-bond donors (Lipinski definition) is 2. The molecule has 3 N–H and O–H groups in total. The van der Waals surface area contributed by atoms with Gasteiger partial charge in [0.2, 0.25) is 0 Å². The molecular formula is C11H18F2N4O. The summed E-state index contributed by atoms with van der Waals surface area (Å²) in [4.78, 5) is 9.53. The number of aromatic nitrogens is 2. The fourth-order valence-electron chi connectivity index (χ4n) is 1.59. The number of halogens is 2. The minimum atomic E-state index is -2.50. The zero-order valence-corrected chi connectivity index (χ0v) is 10.3. The highest BCUT2D eigenvalue weighted by molar-refractivity contribution is 5.47. The highest BCUT2D eigenvalue weighted by atomic mass is 19.3.